The average molecular weight is 276 g/mol. The van der Waals surface area contributed by atoms with Crippen molar-refractivity contribution in [2.75, 3.05) is 12.3 Å². The van der Waals surface area contributed by atoms with E-state index in [1.807, 2.05) is 30.3 Å². The van der Waals surface area contributed by atoms with Crippen molar-refractivity contribution in [1.29, 1.82) is 0 Å². The molecule has 19 heavy (non-hydrogen) atoms. The predicted octanol–water partition coefficient (Wildman–Crippen LogP) is 1.66. The second kappa shape index (κ2) is 6.36. The van der Waals surface area contributed by atoms with Crippen LogP contribution in [0.3, 0.4) is 0 Å². The Morgan fingerprint density at radius 3 is 2.63 bits per heavy atom. The molecular weight excluding hydrogens is 260 g/mol. The standard InChI is InChI=1S/C14H16N2O2S/c15-12-6-7-19-13(12)14(18)16-11(9-17)8-10-4-2-1-3-5-10/h1-7,11,17H,8-9,15H2,(H,16,18)/t11-/m1/s1. The molecule has 4 N–H and O–H groups in total. The topological polar surface area (TPSA) is 75.4 Å². The third-order valence-corrected chi connectivity index (χ3v) is 3.71. The molecular formula is C14H16N2O2S. The minimum absolute atomic E-state index is 0.105. The van der Waals surface area contributed by atoms with Crippen LogP contribution < -0.4 is 11.1 Å². The van der Waals surface area contributed by atoms with Crippen LogP contribution in [0.15, 0.2) is 41.8 Å². The van der Waals surface area contributed by atoms with Crippen molar-refractivity contribution in [3.8, 4) is 0 Å². The normalized spacial score (nSPS) is 12.1. The minimum Gasteiger partial charge on any atom is -0.397 e. The Balaban J connectivity index is 2.00. The fourth-order valence-corrected chi connectivity index (χ4v) is 2.54. The van der Waals surface area contributed by atoms with E-state index in [-0.39, 0.29) is 18.6 Å². The van der Waals surface area contributed by atoms with Crippen LogP contribution in [0.2, 0.25) is 0 Å². The summed E-state index contributed by atoms with van der Waals surface area (Å²) in [6, 6.07) is 11.1. The van der Waals surface area contributed by atoms with E-state index in [0.717, 1.165) is 5.56 Å². The second-order valence-corrected chi connectivity index (χ2v) is 5.16. The lowest BCUT2D eigenvalue weighted by Gasteiger charge is -2.16. The Morgan fingerprint density at radius 1 is 1.32 bits per heavy atom. The Morgan fingerprint density at radius 2 is 2.05 bits per heavy atom. The number of aliphatic hydroxyl groups is 1. The number of nitrogens with one attached hydrogen (secondary N) is 1. The van der Waals surface area contributed by atoms with Gasteiger partial charge in [0.1, 0.15) is 4.88 Å². The third-order valence-electron chi connectivity index (χ3n) is 2.78. The number of thiophene rings is 1. The number of hydrogen-bond acceptors (Lipinski definition) is 4. The molecule has 0 fully saturated rings. The van der Waals surface area contributed by atoms with Crippen LogP contribution in [0.4, 0.5) is 5.69 Å². The van der Waals surface area contributed by atoms with Gasteiger partial charge in [-0.2, -0.15) is 0 Å². The lowest BCUT2D eigenvalue weighted by Crippen LogP contribution is -2.39. The molecule has 100 valence electrons. The van der Waals surface area contributed by atoms with Crippen molar-refractivity contribution in [3.63, 3.8) is 0 Å². The van der Waals surface area contributed by atoms with Crippen molar-refractivity contribution in [1.82, 2.24) is 5.32 Å². The molecule has 0 unspecified atom stereocenters. The molecule has 1 heterocycles. The molecule has 0 saturated heterocycles. The fraction of sp³-hybridized carbons (Fsp3) is 0.214. The number of nitrogen functional groups attached to an aromatic ring is 1. The van der Waals surface area contributed by atoms with Crippen molar-refractivity contribution in [2.45, 2.75) is 12.5 Å². The van der Waals surface area contributed by atoms with Gasteiger partial charge < -0.3 is 16.2 Å². The highest BCUT2D eigenvalue weighted by molar-refractivity contribution is 7.12. The molecule has 0 aliphatic rings. The molecule has 0 radical (unpaired) electrons. The first-order valence-electron chi connectivity index (χ1n) is 5.99. The first-order chi connectivity index (χ1) is 9.20. The number of carbonyl (C=O) groups excluding carboxylic acids is 1. The molecule has 0 aliphatic heterocycles. The van der Waals surface area contributed by atoms with E-state index in [9.17, 15) is 9.90 Å². The highest BCUT2D eigenvalue weighted by Crippen LogP contribution is 2.18. The summed E-state index contributed by atoms with van der Waals surface area (Å²) in [6.07, 6.45) is 0.592. The highest BCUT2D eigenvalue weighted by atomic mass is 32.1. The molecule has 1 aromatic heterocycles. The monoisotopic (exact) mass is 276 g/mol. The Hall–Kier alpha value is -1.85. The van der Waals surface area contributed by atoms with Crippen LogP contribution in [-0.2, 0) is 6.42 Å². The maximum Gasteiger partial charge on any atom is 0.263 e. The van der Waals surface area contributed by atoms with Gasteiger partial charge in [0.05, 0.1) is 18.3 Å². The van der Waals surface area contributed by atoms with Crippen molar-refractivity contribution >= 4 is 22.9 Å². The molecule has 0 spiro atoms. The summed E-state index contributed by atoms with van der Waals surface area (Å²) in [5, 5.41) is 13.9. The number of rotatable bonds is 5. The minimum atomic E-state index is -0.309. The van der Waals surface area contributed by atoms with Gasteiger partial charge in [0.2, 0.25) is 0 Å². The number of amides is 1. The molecule has 0 saturated carbocycles. The predicted molar refractivity (Wildman–Crippen MR) is 77.2 cm³/mol. The summed E-state index contributed by atoms with van der Waals surface area (Å²) >= 11 is 1.30. The Labute approximate surface area is 115 Å². The van der Waals surface area contributed by atoms with Crippen LogP contribution in [0, 0.1) is 0 Å². The van der Waals surface area contributed by atoms with Crippen molar-refractivity contribution in [2.24, 2.45) is 0 Å². The largest absolute Gasteiger partial charge is 0.397 e. The van der Waals surface area contributed by atoms with Crippen LogP contribution in [-0.4, -0.2) is 23.7 Å². The molecule has 0 aliphatic carbocycles. The van der Waals surface area contributed by atoms with Gasteiger partial charge in [-0.05, 0) is 23.4 Å². The SMILES string of the molecule is Nc1ccsc1C(=O)N[C@@H](CO)Cc1ccccc1. The van der Waals surface area contributed by atoms with Crippen LogP contribution >= 0.6 is 11.3 Å². The number of hydrogen-bond donors (Lipinski definition) is 3. The maximum absolute atomic E-state index is 12.0. The molecule has 4 nitrogen and oxygen atoms in total. The van der Waals surface area contributed by atoms with E-state index < -0.39 is 0 Å². The van der Waals surface area contributed by atoms with Crippen molar-refractivity contribution in [3.05, 3.63) is 52.2 Å². The van der Waals surface area contributed by atoms with Gasteiger partial charge in [0.15, 0.2) is 0 Å². The second-order valence-electron chi connectivity index (χ2n) is 4.25. The summed E-state index contributed by atoms with van der Waals surface area (Å²) in [5.74, 6) is -0.234. The molecule has 2 aromatic rings. The van der Waals surface area contributed by atoms with Crippen LogP contribution in [0.5, 0.6) is 0 Å². The molecule has 1 aromatic carbocycles. The highest BCUT2D eigenvalue weighted by Gasteiger charge is 2.16. The zero-order valence-electron chi connectivity index (χ0n) is 10.4. The summed E-state index contributed by atoms with van der Waals surface area (Å²) in [6.45, 7) is -0.105. The lowest BCUT2D eigenvalue weighted by atomic mass is 10.1. The van der Waals surface area contributed by atoms with E-state index in [4.69, 9.17) is 5.73 Å². The summed E-state index contributed by atoms with van der Waals surface area (Å²) in [4.78, 5) is 12.5. The van der Waals surface area contributed by atoms with E-state index >= 15 is 0 Å². The van der Waals surface area contributed by atoms with Crippen LogP contribution in [0.1, 0.15) is 15.2 Å². The van der Waals surface area contributed by atoms with Gasteiger partial charge in [0, 0.05) is 0 Å². The van der Waals surface area contributed by atoms with Gasteiger partial charge in [0.25, 0.3) is 5.91 Å². The third kappa shape index (κ3) is 3.56. The first-order valence-corrected chi connectivity index (χ1v) is 6.87. The number of benzene rings is 1. The van der Waals surface area contributed by atoms with Crippen molar-refractivity contribution < 1.29 is 9.90 Å². The van der Waals surface area contributed by atoms with Gasteiger partial charge in [-0.25, -0.2) is 0 Å². The first kappa shape index (κ1) is 13.6. The zero-order valence-corrected chi connectivity index (χ0v) is 11.2. The molecule has 1 amide bonds. The maximum atomic E-state index is 12.0. The Kier molecular flexibility index (Phi) is 4.54. The molecule has 1 atom stereocenters. The quantitative estimate of drug-likeness (QED) is 0.777. The smallest absolute Gasteiger partial charge is 0.263 e. The van der Waals surface area contributed by atoms with E-state index in [1.54, 1.807) is 11.4 Å². The van der Waals surface area contributed by atoms with Gasteiger partial charge >= 0.3 is 0 Å². The number of nitrogens with two attached hydrogens (primary N) is 1. The van der Waals surface area contributed by atoms with E-state index in [0.29, 0.717) is 17.0 Å². The van der Waals surface area contributed by atoms with E-state index in [1.165, 1.54) is 11.3 Å². The summed E-state index contributed by atoms with van der Waals surface area (Å²) in [5.41, 5.74) is 7.24. The van der Waals surface area contributed by atoms with Gasteiger partial charge in [-0.3, -0.25) is 4.79 Å². The molecule has 5 heteroatoms. The number of carbonyl (C=O) groups is 1. The van der Waals surface area contributed by atoms with E-state index in [2.05, 4.69) is 5.32 Å². The number of anilines is 1. The zero-order chi connectivity index (χ0) is 13.7. The average Bonchev–Trinajstić information content (AvgIpc) is 2.85. The summed E-state index contributed by atoms with van der Waals surface area (Å²) in [7, 11) is 0. The number of aliphatic hydroxyl groups excluding tert-OH is 1. The van der Waals surface area contributed by atoms with Gasteiger partial charge in [-0.1, -0.05) is 30.3 Å². The fourth-order valence-electron chi connectivity index (χ4n) is 1.81. The van der Waals surface area contributed by atoms with Crippen LogP contribution in [0.25, 0.3) is 0 Å². The van der Waals surface area contributed by atoms with Gasteiger partial charge in [-0.15, -0.1) is 11.3 Å². The molecule has 0 bridgehead atoms. The molecule has 2 rings (SSSR count). The Bertz CT molecular complexity index is 539. The summed E-state index contributed by atoms with van der Waals surface area (Å²) < 4.78 is 0. The lowest BCUT2D eigenvalue weighted by molar-refractivity contribution is 0.0921.